The summed E-state index contributed by atoms with van der Waals surface area (Å²) in [4.78, 5) is 0. The molecule has 1 heterocycles. The summed E-state index contributed by atoms with van der Waals surface area (Å²) in [5.74, 6) is 0. The third kappa shape index (κ3) is 4.43. The molecule has 2 unspecified atom stereocenters. The van der Waals surface area contributed by atoms with Crippen LogP contribution in [-0.2, 0) is 4.43 Å². The Morgan fingerprint density at radius 1 is 1.38 bits per heavy atom. The van der Waals surface area contributed by atoms with Crippen LogP contribution < -0.4 is 0 Å². The second-order valence-corrected chi connectivity index (χ2v) is 19.4. The quantitative estimate of drug-likeness (QED) is 0.628. The molecule has 1 nitrogen and oxygen atoms in total. The van der Waals surface area contributed by atoms with Crippen LogP contribution >= 0.6 is 0 Å². The molecular formula is C6H15F3OSi3. The first-order valence-electron chi connectivity index (χ1n) is 4.70. The van der Waals surface area contributed by atoms with Crippen LogP contribution in [0.25, 0.3) is 0 Å². The van der Waals surface area contributed by atoms with E-state index in [2.05, 4.69) is 0 Å². The molecule has 1 aliphatic heterocycles. The third-order valence-electron chi connectivity index (χ3n) is 2.46. The summed E-state index contributed by atoms with van der Waals surface area (Å²) in [5, 5.41) is 0. The third-order valence-corrected chi connectivity index (χ3v) is 22.2. The molecule has 13 heavy (non-hydrogen) atoms. The lowest BCUT2D eigenvalue weighted by molar-refractivity contribution is 0.0481. The van der Waals surface area contributed by atoms with Crippen molar-refractivity contribution < 1.29 is 17.6 Å². The van der Waals surface area contributed by atoms with Gasteiger partial charge in [-0.25, -0.2) is 13.2 Å². The van der Waals surface area contributed by atoms with Gasteiger partial charge in [0.15, 0.2) is 6.17 Å². The van der Waals surface area contributed by atoms with Gasteiger partial charge in [-0.2, -0.15) is 0 Å². The molecule has 7 heteroatoms. The lowest BCUT2D eigenvalue weighted by Crippen LogP contribution is -2.36. The van der Waals surface area contributed by atoms with E-state index in [-0.39, 0.29) is 24.3 Å². The Balaban J connectivity index is 2.10. The fraction of sp³-hybridized carbons (Fsp3) is 1.00. The molecule has 78 valence electrons. The van der Waals surface area contributed by atoms with Crippen molar-refractivity contribution in [2.75, 3.05) is 6.61 Å². The van der Waals surface area contributed by atoms with Gasteiger partial charge in [-0.05, 0) is 12.5 Å². The number of rotatable bonds is 4. The molecule has 0 spiro atoms. The van der Waals surface area contributed by atoms with E-state index in [1.165, 1.54) is 0 Å². The lowest BCUT2D eigenvalue weighted by Gasteiger charge is -2.20. The molecule has 0 bridgehead atoms. The van der Waals surface area contributed by atoms with Crippen LogP contribution in [0.2, 0.25) is 12.1 Å². The van der Waals surface area contributed by atoms with Gasteiger partial charge < -0.3 is 4.43 Å². The summed E-state index contributed by atoms with van der Waals surface area (Å²) in [6.45, 7) is 0.849. The van der Waals surface area contributed by atoms with Gasteiger partial charge in [0.05, 0.1) is 0 Å². The summed E-state index contributed by atoms with van der Waals surface area (Å²) in [5.41, 5.74) is 0. The van der Waals surface area contributed by atoms with Gasteiger partial charge in [0.1, 0.15) is 9.28 Å². The van der Waals surface area contributed by atoms with Gasteiger partial charge in [-0.3, -0.25) is 0 Å². The predicted octanol–water partition coefficient (Wildman–Crippen LogP) is -0.0987. The molecule has 0 aromatic rings. The maximum Gasteiger partial charge on any atom is 0.269 e. The molecule has 0 aromatic heterocycles. The zero-order valence-corrected chi connectivity index (χ0v) is 11.5. The molecule has 0 amide bonds. The van der Waals surface area contributed by atoms with Crippen molar-refractivity contribution in [2.45, 2.75) is 31.1 Å². The Morgan fingerprint density at radius 3 is 2.69 bits per heavy atom. The summed E-state index contributed by atoms with van der Waals surface area (Å²) < 4.78 is 41.5. The van der Waals surface area contributed by atoms with Crippen molar-refractivity contribution in [1.82, 2.24) is 0 Å². The van der Waals surface area contributed by atoms with Gasteiger partial charge in [0.2, 0.25) is 0 Å². The van der Waals surface area contributed by atoms with Crippen LogP contribution in [-0.4, -0.2) is 45.4 Å². The van der Waals surface area contributed by atoms with Gasteiger partial charge >= 0.3 is 0 Å². The minimum atomic E-state index is -2.77. The smallest absolute Gasteiger partial charge is 0.269 e. The Bertz CT molecular complexity index is 143. The van der Waals surface area contributed by atoms with Gasteiger partial charge in [0, 0.05) is 23.5 Å². The Kier molecular flexibility index (Phi) is 5.29. The fourth-order valence-corrected chi connectivity index (χ4v) is 19.7. The maximum absolute atomic E-state index is 12.5. The average Bonchev–Trinajstić information content (AvgIpc) is 2.15. The number of hydrogen-bond acceptors (Lipinski definition) is 1. The zero-order chi connectivity index (χ0) is 9.68. The summed E-state index contributed by atoms with van der Waals surface area (Å²) >= 11 is 0. The first kappa shape index (κ1) is 11.5. The number of hydrogen-bond donors (Lipinski definition) is 0. The highest BCUT2D eigenvalue weighted by Gasteiger charge is 2.22. The molecule has 2 atom stereocenters. The highest BCUT2D eigenvalue weighted by atomic mass is 29.5. The highest BCUT2D eigenvalue weighted by molar-refractivity contribution is 7.35. The van der Waals surface area contributed by atoms with Crippen molar-refractivity contribution in [3.63, 3.8) is 0 Å². The normalized spacial score (nSPS) is 30.0. The second-order valence-electron chi connectivity index (χ2n) is 3.48. The first-order chi connectivity index (χ1) is 6.20. The van der Waals surface area contributed by atoms with Crippen molar-refractivity contribution in [1.29, 1.82) is 0 Å². The molecule has 0 saturated carbocycles. The second kappa shape index (κ2) is 5.99. The molecule has 0 radical (unpaired) electrons. The molecule has 0 N–H and O–H groups in total. The summed E-state index contributed by atoms with van der Waals surface area (Å²) in [6.07, 6.45) is -4.53. The van der Waals surface area contributed by atoms with Crippen molar-refractivity contribution >= 4 is 26.1 Å². The van der Waals surface area contributed by atoms with Gasteiger partial charge in [0.25, 0.3) is 6.43 Å². The number of alkyl halides is 3. The fourth-order valence-electron chi connectivity index (χ4n) is 1.56. The largest absolute Gasteiger partial charge is 0.428 e. The maximum atomic E-state index is 12.5. The topological polar surface area (TPSA) is 9.23 Å². The SMILES string of the molecule is FC(F)C(F)CC[SiH]1CCO[SiH2][SiH2]1. The van der Waals surface area contributed by atoms with Gasteiger partial charge in [-0.15, -0.1) is 0 Å². The standard InChI is InChI=1S/C6H15F3OSi3/c7-5(6(8)9)1-3-13-4-2-10-11-12-13/h5-6,13H,1-4,11-12H2. The van der Waals surface area contributed by atoms with Crippen LogP contribution in [0.4, 0.5) is 13.2 Å². The molecule has 0 aromatic carbocycles. The van der Waals surface area contributed by atoms with Crippen molar-refractivity contribution in [3.8, 4) is 0 Å². The first-order valence-corrected chi connectivity index (χ1v) is 14.2. The van der Waals surface area contributed by atoms with Crippen LogP contribution in [0.3, 0.4) is 0 Å². The van der Waals surface area contributed by atoms with Crippen LogP contribution in [0.15, 0.2) is 0 Å². The molecule has 1 aliphatic rings. The van der Waals surface area contributed by atoms with E-state index >= 15 is 0 Å². The minimum absolute atomic E-state index is 0.00107. The summed E-state index contributed by atoms with van der Waals surface area (Å²) in [7, 11) is -0.935. The van der Waals surface area contributed by atoms with E-state index in [4.69, 9.17) is 4.43 Å². The van der Waals surface area contributed by atoms with E-state index in [0.29, 0.717) is 0 Å². The lowest BCUT2D eigenvalue weighted by atomic mass is 10.3. The molecule has 1 fully saturated rings. The van der Waals surface area contributed by atoms with E-state index in [1.54, 1.807) is 0 Å². The monoisotopic (exact) mass is 244 g/mol. The average molecular weight is 244 g/mol. The van der Waals surface area contributed by atoms with E-state index in [9.17, 15) is 13.2 Å². The van der Waals surface area contributed by atoms with Crippen LogP contribution in [0.1, 0.15) is 6.42 Å². The Labute approximate surface area is 82.0 Å². The molecule has 0 aliphatic carbocycles. The van der Waals surface area contributed by atoms with E-state index in [1.807, 2.05) is 0 Å². The Hall–Kier alpha value is 0.401. The van der Waals surface area contributed by atoms with Crippen LogP contribution in [0, 0.1) is 0 Å². The minimum Gasteiger partial charge on any atom is -0.428 e. The summed E-state index contributed by atoms with van der Waals surface area (Å²) in [6, 6.07) is 1.92. The number of halogens is 3. The predicted molar refractivity (Wildman–Crippen MR) is 55.3 cm³/mol. The van der Waals surface area contributed by atoms with Crippen molar-refractivity contribution in [2.24, 2.45) is 0 Å². The van der Waals surface area contributed by atoms with Gasteiger partial charge in [-0.1, -0.05) is 6.04 Å². The molecule has 1 saturated heterocycles. The Morgan fingerprint density at radius 2 is 2.15 bits per heavy atom. The zero-order valence-electron chi connectivity index (χ0n) is 7.52. The van der Waals surface area contributed by atoms with E-state index < -0.39 is 20.9 Å². The van der Waals surface area contributed by atoms with E-state index in [0.717, 1.165) is 18.7 Å². The van der Waals surface area contributed by atoms with Crippen LogP contribution in [0.5, 0.6) is 0 Å². The molecular weight excluding hydrogens is 229 g/mol. The van der Waals surface area contributed by atoms with Crippen molar-refractivity contribution in [3.05, 3.63) is 0 Å². The molecule has 1 rings (SSSR count). The highest BCUT2D eigenvalue weighted by Crippen LogP contribution is 2.15.